The second kappa shape index (κ2) is 7.35. The number of aromatic nitrogens is 4. The molecule has 0 fully saturated rings. The summed E-state index contributed by atoms with van der Waals surface area (Å²) in [5.41, 5.74) is 4.13. The highest BCUT2D eigenvalue weighted by Crippen LogP contribution is 2.25. The summed E-state index contributed by atoms with van der Waals surface area (Å²) in [5, 5.41) is 1.45. The van der Waals surface area contributed by atoms with Gasteiger partial charge in [-0.1, -0.05) is 54.1 Å². The molecule has 156 valence electrons. The smallest absolute Gasteiger partial charge is 0.297 e. The van der Waals surface area contributed by atoms with E-state index in [-0.39, 0.29) is 17.7 Å². The fourth-order valence-electron chi connectivity index (χ4n) is 4.10. The Labute approximate surface area is 187 Å². The summed E-state index contributed by atoms with van der Waals surface area (Å²) in [6.45, 7) is 0.890. The molecule has 0 aliphatic carbocycles. The molecule has 0 aliphatic heterocycles. The Bertz CT molecular complexity index is 1660. The molecule has 3 aromatic carbocycles. The first-order chi connectivity index (χ1) is 15.7. The van der Waals surface area contributed by atoms with Crippen molar-refractivity contribution < 1.29 is 4.42 Å². The van der Waals surface area contributed by atoms with Crippen LogP contribution in [0, 0.1) is 0 Å². The van der Waals surface area contributed by atoms with Gasteiger partial charge in [0.15, 0.2) is 0 Å². The van der Waals surface area contributed by atoms with Gasteiger partial charge >= 0.3 is 0 Å². The van der Waals surface area contributed by atoms with E-state index in [4.69, 9.17) is 21.0 Å². The summed E-state index contributed by atoms with van der Waals surface area (Å²) in [7, 11) is 0. The van der Waals surface area contributed by atoms with Crippen molar-refractivity contribution in [1.29, 1.82) is 0 Å². The molecular weight excluding hydrogens is 424 g/mol. The molecule has 3 heterocycles. The number of para-hydroxylation sites is 1. The topological polar surface area (TPSA) is 65.8 Å². The summed E-state index contributed by atoms with van der Waals surface area (Å²) < 4.78 is 9.47. The van der Waals surface area contributed by atoms with Gasteiger partial charge in [0.2, 0.25) is 5.58 Å². The first-order valence-electron chi connectivity index (χ1n) is 10.2. The van der Waals surface area contributed by atoms with Gasteiger partial charge in [-0.25, -0.2) is 9.97 Å². The molecule has 0 amide bonds. The first-order valence-corrected chi connectivity index (χ1v) is 10.6. The molecule has 0 bridgehead atoms. The molecular formula is C25H17ClN4O2. The molecule has 6 aromatic rings. The van der Waals surface area contributed by atoms with Gasteiger partial charge in [0.05, 0.1) is 23.9 Å². The molecule has 0 saturated carbocycles. The quantitative estimate of drug-likeness (QED) is 0.376. The molecule has 32 heavy (non-hydrogen) atoms. The summed E-state index contributed by atoms with van der Waals surface area (Å²) in [4.78, 5) is 22.5. The maximum atomic E-state index is 13.2. The van der Waals surface area contributed by atoms with Gasteiger partial charge in [0.25, 0.3) is 5.56 Å². The minimum atomic E-state index is -0.234. The van der Waals surface area contributed by atoms with Crippen LogP contribution in [-0.2, 0) is 13.1 Å². The van der Waals surface area contributed by atoms with E-state index >= 15 is 0 Å². The number of benzene rings is 3. The summed E-state index contributed by atoms with van der Waals surface area (Å²) in [6.07, 6.45) is 1.56. The van der Waals surface area contributed by atoms with Crippen LogP contribution in [0.3, 0.4) is 0 Å². The lowest BCUT2D eigenvalue weighted by atomic mass is 10.2. The first kappa shape index (κ1) is 18.8. The Morgan fingerprint density at radius 1 is 0.938 bits per heavy atom. The van der Waals surface area contributed by atoms with Crippen molar-refractivity contribution in [2.45, 2.75) is 13.1 Å². The van der Waals surface area contributed by atoms with Gasteiger partial charge in [-0.05, 0) is 35.9 Å². The maximum absolute atomic E-state index is 13.2. The predicted molar refractivity (Wildman–Crippen MR) is 125 cm³/mol. The van der Waals surface area contributed by atoms with Gasteiger partial charge in [-0.2, -0.15) is 0 Å². The van der Waals surface area contributed by atoms with Crippen molar-refractivity contribution >= 4 is 44.7 Å². The number of hydrogen-bond acceptors (Lipinski definition) is 4. The van der Waals surface area contributed by atoms with E-state index in [2.05, 4.69) is 21.7 Å². The number of hydrogen-bond donors (Lipinski definition) is 0. The number of fused-ring (bicyclic) bond motifs is 4. The van der Waals surface area contributed by atoms with Crippen LogP contribution in [0.1, 0.15) is 11.4 Å². The van der Waals surface area contributed by atoms with Crippen LogP contribution >= 0.6 is 11.6 Å². The number of halogens is 1. The average Bonchev–Trinajstić information content (AvgIpc) is 3.35. The Morgan fingerprint density at radius 2 is 1.75 bits per heavy atom. The molecule has 7 heteroatoms. The Hall–Kier alpha value is -3.90. The lowest BCUT2D eigenvalue weighted by molar-refractivity contribution is 0.623. The SMILES string of the molecule is O=c1c2oc3ccccc3c2ncn1Cc1nc2cc(Cl)ccc2n1Cc1ccccc1. The minimum Gasteiger partial charge on any atom is -0.448 e. The molecule has 0 radical (unpaired) electrons. The third-order valence-corrected chi connectivity index (χ3v) is 5.87. The number of imidazole rings is 1. The summed E-state index contributed by atoms with van der Waals surface area (Å²) in [6, 6.07) is 23.3. The molecule has 6 nitrogen and oxygen atoms in total. The Morgan fingerprint density at radius 3 is 2.62 bits per heavy atom. The second-order valence-electron chi connectivity index (χ2n) is 7.69. The fraction of sp³-hybridized carbons (Fsp3) is 0.0800. The molecule has 0 unspecified atom stereocenters. The van der Waals surface area contributed by atoms with Crippen LogP contribution in [-0.4, -0.2) is 19.1 Å². The van der Waals surface area contributed by atoms with Crippen molar-refractivity contribution in [2.24, 2.45) is 0 Å². The number of nitrogens with zero attached hydrogens (tertiary/aromatic N) is 4. The molecule has 0 saturated heterocycles. The molecule has 3 aromatic heterocycles. The summed E-state index contributed by atoms with van der Waals surface area (Å²) in [5.74, 6) is 0.741. The highest BCUT2D eigenvalue weighted by Gasteiger charge is 2.16. The van der Waals surface area contributed by atoms with Gasteiger partial charge < -0.3 is 8.98 Å². The molecule has 0 spiro atoms. The van der Waals surface area contributed by atoms with Crippen LogP contribution in [0.2, 0.25) is 5.02 Å². The fourth-order valence-corrected chi connectivity index (χ4v) is 4.26. The van der Waals surface area contributed by atoms with Crippen molar-refractivity contribution in [2.75, 3.05) is 0 Å². The lowest BCUT2D eigenvalue weighted by Gasteiger charge is -2.11. The van der Waals surface area contributed by atoms with Gasteiger partial charge in [-0.15, -0.1) is 0 Å². The van der Waals surface area contributed by atoms with Crippen LogP contribution in [0.15, 0.2) is 88.3 Å². The van der Waals surface area contributed by atoms with E-state index in [1.807, 2.05) is 60.7 Å². The van der Waals surface area contributed by atoms with Crippen LogP contribution < -0.4 is 5.56 Å². The van der Waals surface area contributed by atoms with E-state index in [0.29, 0.717) is 22.7 Å². The van der Waals surface area contributed by atoms with Crippen molar-refractivity contribution in [3.63, 3.8) is 0 Å². The second-order valence-corrected chi connectivity index (χ2v) is 8.12. The number of rotatable bonds is 4. The van der Waals surface area contributed by atoms with Crippen LogP contribution in [0.4, 0.5) is 0 Å². The highest BCUT2D eigenvalue weighted by atomic mass is 35.5. The standard InChI is InChI=1S/C25H17ClN4O2/c26-17-10-11-20-19(12-17)28-22(30(20)13-16-6-2-1-3-7-16)14-29-15-27-23-18-8-4-5-9-21(18)32-24(23)25(29)31/h1-12,15H,13-14H2. The minimum absolute atomic E-state index is 0.234. The van der Waals surface area contributed by atoms with Crippen molar-refractivity contribution in [3.8, 4) is 0 Å². The summed E-state index contributed by atoms with van der Waals surface area (Å²) >= 11 is 6.20. The number of furan rings is 1. The van der Waals surface area contributed by atoms with E-state index in [0.717, 1.165) is 27.8 Å². The van der Waals surface area contributed by atoms with E-state index in [9.17, 15) is 4.79 Å². The molecule has 0 atom stereocenters. The van der Waals surface area contributed by atoms with Crippen LogP contribution in [0.25, 0.3) is 33.1 Å². The third kappa shape index (κ3) is 3.08. The molecule has 0 N–H and O–H groups in total. The normalized spacial score (nSPS) is 11.7. The molecule has 0 aliphatic rings. The average molecular weight is 441 g/mol. The largest absolute Gasteiger partial charge is 0.448 e. The van der Waals surface area contributed by atoms with Crippen LogP contribution in [0.5, 0.6) is 0 Å². The van der Waals surface area contributed by atoms with E-state index in [1.54, 1.807) is 6.33 Å². The molecule has 6 rings (SSSR count). The van der Waals surface area contributed by atoms with Gasteiger partial charge in [0.1, 0.15) is 16.9 Å². The highest BCUT2D eigenvalue weighted by molar-refractivity contribution is 6.31. The van der Waals surface area contributed by atoms with E-state index in [1.165, 1.54) is 4.57 Å². The zero-order chi connectivity index (χ0) is 21.7. The maximum Gasteiger partial charge on any atom is 0.297 e. The lowest BCUT2D eigenvalue weighted by Crippen LogP contribution is -2.22. The van der Waals surface area contributed by atoms with Crippen molar-refractivity contribution in [3.05, 3.63) is 106 Å². The monoisotopic (exact) mass is 440 g/mol. The van der Waals surface area contributed by atoms with Gasteiger partial charge in [0, 0.05) is 17.0 Å². The van der Waals surface area contributed by atoms with Gasteiger partial charge in [-0.3, -0.25) is 9.36 Å². The Kier molecular flexibility index (Phi) is 4.33. The Balaban J connectivity index is 1.49. The third-order valence-electron chi connectivity index (χ3n) is 5.64. The zero-order valence-corrected chi connectivity index (χ0v) is 17.7. The zero-order valence-electron chi connectivity index (χ0n) is 16.9. The van der Waals surface area contributed by atoms with E-state index < -0.39 is 0 Å². The van der Waals surface area contributed by atoms with Crippen molar-refractivity contribution in [1.82, 2.24) is 19.1 Å². The predicted octanol–water partition coefficient (Wildman–Crippen LogP) is 5.24.